The van der Waals surface area contributed by atoms with Crippen molar-refractivity contribution in [3.05, 3.63) is 34.9 Å². The fraction of sp³-hybridized carbons (Fsp3) is 0.455. The van der Waals surface area contributed by atoms with Crippen molar-refractivity contribution in [2.75, 3.05) is 6.54 Å². The summed E-state index contributed by atoms with van der Waals surface area (Å²) in [6.45, 7) is 1.78. The van der Waals surface area contributed by atoms with Crippen LogP contribution in [-0.2, 0) is 13.0 Å². The molecule has 0 aromatic heterocycles. The van der Waals surface area contributed by atoms with E-state index in [1.165, 1.54) is 6.07 Å². The summed E-state index contributed by atoms with van der Waals surface area (Å²) in [6, 6.07) is 4.98. The first-order valence-corrected chi connectivity index (χ1v) is 4.88. The summed E-state index contributed by atoms with van der Waals surface area (Å²) in [4.78, 5) is 0. The van der Waals surface area contributed by atoms with Crippen molar-refractivity contribution in [1.82, 2.24) is 5.32 Å². The molecule has 1 aromatic carbocycles. The molecule has 1 aliphatic heterocycles. The molecule has 0 unspecified atom stereocenters. The minimum absolute atomic E-state index is 0.144. The minimum Gasteiger partial charge on any atom is -0.313 e. The van der Waals surface area contributed by atoms with Gasteiger partial charge in [0.1, 0.15) is 0 Å². The third-order valence-electron chi connectivity index (χ3n) is 2.60. The number of rotatable bonds is 1. The van der Waals surface area contributed by atoms with E-state index in [1.54, 1.807) is 6.07 Å². The average Bonchev–Trinajstić information content (AvgIpc) is 2.41. The van der Waals surface area contributed by atoms with Crippen molar-refractivity contribution in [1.29, 1.82) is 0 Å². The first-order chi connectivity index (χ1) is 6.77. The van der Waals surface area contributed by atoms with Crippen LogP contribution < -0.4 is 5.32 Å². The largest absolute Gasteiger partial charge is 0.313 e. The van der Waals surface area contributed by atoms with E-state index in [-0.39, 0.29) is 5.56 Å². The zero-order chi connectivity index (χ0) is 9.97. The van der Waals surface area contributed by atoms with Gasteiger partial charge in [-0.25, -0.2) is 8.78 Å². The van der Waals surface area contributed by atoms with Crippen molar-refractivity contribution < 1.29 is 8.78 Å². The summed E-state index contributed by atoms with van der Waals surface area (Å²) < 4.78 is 24.8. The lowest BCUT2D eigenvalue weighted by atomic mass is 10.0. The van der Waals surface area contributed by atoms with Crippen molar-refractivity contribution in [2.45, 2.75) is 25.8 Å². The van der Waals surface area contributed by atoms with Gasteiger partial charge in [-0.15, -0.1) is 0 Å². The van der Waals surface area contributed by atoms with Crippen molar-refractivity contribution in [3.63, 3.8) is 0 Å². The van der Waals surface area contributed by atoms with Gasteiger partial charge in [0.2, 0.25) is 0 Å². The zero-order valence-corrected chi connectivity index (χ0v) is 7.89. The van der Waals surface area contributed by atoms with Crippen molar-refractivity contribution >= 4 is 0 Å². The molecule has 0 saturated heterocycles. The van der Waals surface area contributed by atoms with Crippen LogP contribution in [0, 0.1) is 0 Å². The first kappa shape index (κ1) is 9.59. The highest BCUT2D eigenvalue weighted by Gasteiger charge is 2.12. The van der Waals surface area contributed by atoms with Crippen LogP contribution in [-0.4, -0.2) is 6.54 Å². The third kappa shape index (κ3) is 1.93. The first-order valence-electron chi connectivity index (χ1n) is 4.88. The Morgan fingerprint density at radius 3 is 2.86 bits per heavy atom. The van der Waals surface area contributed by atoms with Crippen LogP contribution in [0.4, 0.5) is 8.78 Å². The van der Waals surface area contributed by atoms with E-state index >= 15 is 0 Å². The molecule has 1 heterocycles. The van der Waals surface area contributed by atoms with Crippen LogP contribution >= 0.6 is 0 Å². The number of hydrogen-bond donors (Lipinski definition) is 1. The molecule has 1 nitrogen and oxygen atoms in total. The Hall–Kier alpha value is -0.960. The quantitative estimate of drug-likeness (QED) is 0.729. The normalized spacial score (nSPS) is 16.5. The Labute approximate surface area is 82.1 Å². The summed E-state index contributed by atoms with van der Waals surface area (Å²) in [5, 5.41) is 3.26. The summed E-state index contributed by atoms with van der Waals surface area (Å²) >= 11 is 0. The topological polar surface area (TPSA) is 12.0 Å². The predicted molar refractivity (Wildman–Crippen MR) is 51.4 cm³/mol. The highest BCUT2D eigenvalue weighted by atomic mass is 19.3. The SMILES string of the molecule is FC(F)c1ccc2c(c1)CCCNC2. The summed E-state index contributed by atoms with van der Waals surface area (Å²) in [7, 11) is 0. The molecule has 0 saturated carbocycles. The van der Waals surface area contributed by atoms with Gasteiger partial charge in [0.05, 0.1) is 0 Å². The van der Waals surface area contributed by atoms with Gasteiger partial charge in [-0.1, -0.05) is 12.1 Å². The Bertz CT molecular complexity index is 323. The molecule has 1 aromatic rings. The van der Waals surface area contributed by atoms with Gasteiger partial charge in [-0.3, -0.25) is 0 Å². The second kappa shape index (κ2) is 4.05. The van der Waals surface area contributed by atoms with Gasteiger partial charge >= 0.3 is 0 Å². The molecule has 2 rings (SSSR count). The van der Waals surface area contributed by atoms with E-state index in [0.29, 0.717) is 0 Å². The zero-order valence-electron chi connectivity index (χ0n) is 7.89. The van der Waals surface area contributed by atoms with E-state index in [4.69, 9.17) is 0 Å². The Balaban J connectivity index is 2.32. The molecule has 0 radical (unpaired) electrons. The van der Waals surface area contributed by atoms with Crippen LogP contribution in [0.5, 0.6) is 0 Å². The second-order valence-electron chi connectivity index (χ2n) is 3.61. The highest BCUT2D eigenvalue weighted by molar-refractivity contribution is 5.33. The van der Waals surface area contributed by atoms with Gasteiger partial charge in [0.25, 0.3) is 6.43 Å². The van der Waals surface area contributed by atoms with Crippen LogP contribution in [0.25, 0.3) is 0 Å². The van der Waals surface area contributed by atoms with E-state index < -0.39 is 6.43 Å². The molecule has 76 valence electrons. The standard InChI is InChI=1S/C11H13F2N/c12-11(13)9-3-4-10-7-14-5-1-2-8(10)6-9/h3-4,6,11,14H,1-2,5,7H2. The monoisotopic (exact) mass is 197 g/mol. The maximum atomic E-state index is 12.4. The smallest absolute Gasteiger partial charge is 0.263 e. The molecule has 3 heteroatoms. The molecule has 0 bridgehead atoms. The van der Waals surface area contributed by atoms with Crippen LogP contribution in [0.1, 0.15) is 29.5 Å². The van der Waals surface area contributed by atoms with E-state index in [1.807, 2.05) is 6.07 Å². The number of alkyl halides is 2. The van der Waals surface area contributed by atoms with Crippen molar-refractivity contribution in [3.8, 4) is 0 Å². The fourth-order valence-corrected chi connectivity index (χ4v) is 1.81. The van der Waals surface area contributed by atoms with E-state index in [2.05, 4.69) is 5.32 Å². The van der Waals surface area contributed by atoms with E-state index in [0.717, 1.165) is 37.1 Å². The maximum absolute atomic E-state index is 12.4. The van der Waals surface area contributed by atoms with E-state index in [9.17, 15) is 8.78 Å². The lowest BCUT2D eigenvalue weighted by Crippen LogP contribution is -2.11. The Morgan fingerprint density at radius 1 is 1.21 bits per heavy atom. The Kier molecular flexibility index (Phi) is 2.77. The molecule has 1 N–H and O–H groups in total. The summed E-state index contributed by atoms with van der Waals surface area (Å²) in [5.74, 6) is 0. The molecule has 0 spiro atoms. The number of aryl methyl sites for hydroxylation is 1. The van der Waals surface area contributed by atoms with Crippen LogP contribution in [0.15, 0.2) is 18.2 Å². The number of fused-ring (bicyclic) bond motifs is 1. The molecule has 0 atom stereocenters. The molecule has 0 fully saturated rings. The number of nitrogens with one attached hydrogen (secondary N) is 1. The molecular weight excluding hydrogens is 184 g/mol. The number of benzene rings is 1. The molecule has 0 amide bonds. The molecule has 14 heavy (non-hydrogen) atoms. The van der Waals surface area contributed by atoms with Gasteiger partial charge in [-0.05, 0) is 36.6 Å². The van der Waals surface area contributed by atoms with Gasteiger partial charge in [-0.2, -0.15) is 0 Å². The van der Waals surface area contributed by atoms with Crippen LogP contribution in [0.2, 0.25) is 0 Å². The third-order valence-corrected chi connectivity index (χ3v) is 2.60. The average molecular weight is 197 g/mol. The molecular formula is C11H13F2N. The highest BCUT2D eigenvalue weighted by Crippen LogP contribution is 2.23. The lowest BCUT2D eigenvalue weighted by Gasteiger charge is -2.07. The second-order valence-corrected chi connectivity index (χ2v) is 3.61. The molecule has 1 aliphatic rings. The fourth-order valence-electron chi connectivity index (χ4n) is 1.81. The maximum Gasteiger partial charge on any atom is 0.263 e. The van der Waals surface area contributed by atoms with Crippen LogP contribution in [0.3, 0.4) is 0 Å². The Morgan fingerprint density at radius 2 is 2.07 bits per heavy atom. The molecule has 0 aliphatic carbocycles. The van der Waals surface area contributed by atoms with Gasteiger partial charge < -0.3 is 5.32 Å². The minimum atomic E-state index is -2.35. The number of halogens is 2. The van der Waals surface area contributed by atoms with Crippen molar-refractivity contribution in [2.24, 2.45) is 0 Å². The number of hydrogen-bond acceptors (Lipinski definition) is 1. The van der Waals surface area contributed by atoms with Gasteiger partial charge in [0.15, 0.2) is 0 Å². The summed E-state index contributed by atoms with van der Waals surface area (Å²) in [6.07, 6.45) is -0.417. The lowest BCUT2D eigenvalue weighted by molar-refractivity contribution is 0.151. The van der Waals surface area contributed by atoms with Gasteiger partial charge in [0, 0.05) is 12.1 Å². The summed E-state index contributed by atoms with van der Waals surface area (Å²) in [5.41, 5.74) is 2.38. The predicted octanol–water partition coefficient (Wildman–Crippen LogP) is 2.66.